The second-order valence-electron chi connectivity index (χ2n) is 6.05. The van der Waals surface area contributed by atoms with Crippen LogP contribution < -0.4 is 19.7 Å². The fourth-order valence-corrected chi connectivity index (χ4v) is 2.70. The maximum Gasteiger partial charge on any atom is 0.251 e. The minimum Gasteiger partial charge on any atom is -0.497 e. The van der Waals surface area contributed by atoms with Crippen molar-refractivity contribution in [2.75, 3.05) is 32.2 Å². The van der Waals surface area contributed by atoms with Crippen molar-refractivity contribution < 1.29 is 19.1 Å². The highest BCUT2D eigenvalue weighted by Gasteiger charge is 2.13. The summed E-state index contributed by atoms with van der Waals surface area (Å²) in [5.74, 6) is 0.760. The summed E-state index contributed by atoms with van der Waals surface area (Å²) >= 11 is 0. The van der Waals surface area contributed by atoms with Crippen molar-refractivity contribution in [3.05, 3.63) is 53.6 Å². The van der Waals surface area contributed by atoms with Crippen molar-refractivity contribution in [1.82, 2.24) is 5.32 Å². The molecule has 0 spiro atoms. The van der Waals surface area contributed by atoms with Crippen LogP contribution in [0.1, 0.15) is 29.8 Å². The van der Waals surface area contributed by atoms with Crippen molar-refractivity contribution in [2.45, 2.75) is 20.3 Å². The number of ether oxygens (including phenoxy) is 2. The van der Waals surface area contributed by atoms with E-state index in [4.69, 9.17) is 9.47 Å². The number of carbonyl (C=O) groups excluding carboxylic acids is 2. The third-order valence-electron chi connectivity index (χ3n) is 4.27. The van der Waals surface area contributed by atoms with E-state index in [1.165, 1.54) is 26.7 Å². The number of aryl methyl sites for hydroxylation is 1. The second kappa shape index (κ2) is 9.62. The van der Waals surface area contributed by atoms with Gasteiger partial charge in [-0.2, -0.15) is 0 Å². The van der Waals surface area contributed by atoms with Crippen molar-refractivity contribution in [3.63, 3.8) is 0 Å². The van der Waals surface area contributed by atoms with E-state index in [0.717, 1.165) is 12.1 Å². The molecule has 6 heteroatoms. The van der Waals surface area contributed by atoms with Crippen molar-refractivity contribution in [3.8, 4) is 11.5 Å². The monoisotopic (exact) mass is 370 g/mol. The molecule has 2 aromatic rings. The fraction of sp³-hybridized carbons (Fsp3) is 0.333. The molecule has 2 rings (SSSR count). The van der Waals surface area contributed by atoms with Gasteiger partial charge in [0.15, 0.2) is 0 Å². The van der Waals surface area contributed by atoms with Gasteiger partial charge in [-0.3, -0.25) is 9.59 Å². The van der Waals surface area contributed by atoms with Crippen LogP contribution in [0.4, 0.5) is 5.69 Å². The maximum atomic E-state index is 12.4. The summed E-state index contributed by atoms with van der Waals surface area (Å²) in [6.07, 6.45) is 0.945. The first-order valence-electron chi connectivity index (χ1n) is 8.86. The molecule has 2 amide bonds. The molecule has 0 saturated heterocycles. The Bertz CT molecular complexity index is 765. The topological polar surface area (TPSA) is 67.9 Å². The molecule has 0 atom stereocenters. The number of nitrogens with zero attached hydrogens (tertiary/aromatic N) is 1. The molecule has 0 heterocycles. The molecule has 0 aliphatic rings. The standard InChI is InChI=1S/C21H26N2O4/c1-5-16-6-8-18(9-7-16)23(15(2)24)11-10-22-21(25)17-12-19(26-3)14-20(13-17)27-4/h6-9,12-14H,5,10-11H2,1-4H3,(H,22,25). The molecule has 144 valence electrons. The van der Waals surface area contributed by atoms with Gasteiger partial charge in [0, 0.05) is 37.3 Å². The second-order valence-corrected chi connectivity index (χ2v) is 6.05. The van der Waals surface area contributed by atoms with Gasteiger partial charge in [0.1, 0.15) is 11.5 Å². The molecule has 0 aliphatic heterocycles. The maximum absolute atomic E-state index is 12.4. The Labute approximate surface area is 160 Å². The van der Waals surface area contributed by atoms with E-state index >= 15 is 0 Å². The van der Waals surface area contributed by atoms with Crippen LogP contribution in [-0.2, 0) is 11.2 Å². The number of benzene rings is 2. The Morgan fingerprint density at radius 1 is 1.00 bits per heavy atom. The lowest BCUT2D eigenvalue weighted by Gasteiger charge is -2.21. The Kier molecular flexibility index (Phi) is 7.23. The van der Waals surface area contributed by atoms with Crippen molar-refractivity contribution in [1.29, 1.82) is 0 Å². The molecule has 0 aromatic heterocycles. The lowest BCUT2D eigenvalue weighted by molar-refractivity contribution is -0.116. The average molecular weight is 370 g/mol. The van der Waals surface area contributed by atoms with E-state index < -0.39 is 0 Å². The molecule has 0 saturated carbocycles. The summed E-state index contributed by atoms with van der Waals surface area (Å²) < 4.78 is 10.4. The Balaban J connectivity index is 2.02. The number of anilines is 1. The van der Waals surface area contributed by atoms with Crippen LogP contribution in [0.3, 0.4) is 0 Å². The minimum absolute atomic E-state index is 0.0726. The van der Waals surface area contributed by atoms with Crippen LogP contribution in [0.5, 0.6) is 11.5 Å². The number of hydrogen-bond donors (Lipinski definition) is 1. The molecule has 2 aromatic carbocycles. The van der Waals surface area contributed by atoms with Crippen LogP contribution in [0.15, 0.2) is 42.5 Å². The molecule has 0 radical (unpaired) electrons. The molecule has 0 fully saturated rings. The highest BCUT2D eigenvalue weighted by atomic mass is 16.5. The molecule has 0 aliphatic carbocycles. The van der Waals surface area contributed by atoms with Crippen LogP contribution in [0.2, 0.25) is 0 Å². The van der Waals surface area contributed by atoms with Gasteiger partial charge in [-0.25, -0.2) is 0 Å². The van der Waals surface area contributed by atoms with Gasteiger partial charge in [-0.15, -0.1) is 0 Å². The Morgan fingerprint density at radius 3 is 2.07 bits per heavy atom. The highest BCUT2D eigenvalue weighted by molar-refractivity contribution is 5.95. The lowest BCUT2D eigenvalue weighted by atomic mass is 10.1. The molecule has 6 nitrogen and oxygen atoms in total. The van der Waals surface area contributed by atoms with Crippen LogP contribution in [0, 0.1) is 0 Å². The first kappa shape index (κ1) is 20.3. The molecule has 0 unspecified atom stereocenters. The van der Waals surface area contributed by atoms with Gasteiger partial charge in [-0.05, 0) is 36.2 Å². The zero-order chi connectivity index (χ0) is 19.8. The summed E-state index contributed by atoms with van der Waals surface area (Å²) in [4.78, 5) is 26.1. The minimum atomic E-state index is -0.253. The third-order valence-corrected chi connectivity index (χ3v) is 4.27. The predicted octanol–water partition coefficient (Wildman–Crippen LogP) is 3.05. The van der Waals surface area contributed by atoms with Crippen LogP contribution in [0.25, 0.3) is 0 Å². The largest absolute Gasteiger partial charge is 0.497 e. The molecule has 0 bridgehead atoms. The van der Waals surface area contributed by atoms with Crippen molar-refractivity contribution in [2.24, 2.45) is 0 Å². The van der Waals surface area contributed by atoms with E-state index in [1.54, 1.807) is 23.1 Å². The number of nitrogens with one attached hydrogen (secondary N) is 1. The number of rotatable bonds is 8. The van der Waals surface area contributed by atoms with Crippen molar-refractivity contribution >= 4 is 17.5 Å². The summed E-state index contributed by atoms with van der Waals surface area (Å²) in [7, 11) is 3.07. The Hall–Kier alpha value is -3.02. The molecule has 27 heavy (non-hydrogen) atoms. The fourth-order valence-electron chi connectivity index (χ4n) is 2.70. The quantitative estimate of drug-likeness (QED) is 0.775. The van der Waals surface area contributed by atoms with Gasteiger partial charge >= 0.3 is 0 Å². The smallest absolute Gasteiger partial charge is 0.251 e. The molecular formula is C21H26N2O4. The van der Waals surface area contributed by atoms with Gasteiger partial charge in [0.2, 0.25) is 5.91 Å². The average Bonchev–Trinajstić information content (AvgIpc) is 2.70. The van der Waals surface area contributed by atoms with Crippen LogP contribution >= 0.6 is 0 Å². The zero-order valence-corrected chi connectivity index (χ0v) is 16.2. The Morgan fingerprint density at radius 2 is 1.59 bits per heavy atom. The number of hydrogen-bond acceptors (Lipinski definition) is 4. The normalized spacial score (nSPS) is 10.2. The molecular weight excluding hydrogens is 344 g/mol. The highest BCUT2D eigenvalue weighted by Crippen LogP contribution is 2.22. The van der Waals surface area contributed by atoms with E-state index in [9.17, 15) is 9.59 Å². The van der Waals surface area contributed by atoms with Gasteiger partial charge < -0.3 is 19.7 Å². The molecule has 1 N–H and O–H groups in total. The first-order chi connectivity index (χ1) is 13.0. The predicted molar refractivity (Wildman–Crippen MR) is 106 cm³/mol. The zero-order valence-electron chi connectivity index (χ0n) is 16.2. The van der Waals surface area contributed by atoms with Crippen LogP contribution in [-0.4, -0.2) is 39.1 Å². The van der Waals surface area contributed by atoms with Gasteiger partial charge in [0.05, 0.1) is 14.2 Å². The third kappa shape index (κ3) is 5.48. The summed E-state index contributed by atoms with van der Waals surface area (Å²) in [6.45, 7) is 4.31. The SMILES string of the molecule is CCc1ccc(N(CCNC(=O)c2cc(OC)cc(OC)c2)C(C)=O)cc1. The summed E-state index contributed by atoms with van der Waals surface area (Å²) in [5.41, 5.74) is 2.47. The van der Waals surface area contributed by atoms with E-state index in [1.807, 2.05) is 24.3 Å². The van der Waals surface area contributed by atoms with Gasteiger partial charge in [-0.1, -0.05) is 19.1 Å². The van der Waals surface area contributed by atoms with E-state index in [0.29, 0.717) is 30.2 Å². The first-order valence-corrected chi connectivity index (χ1v) is 8.86. The van der Waals surface area contributed by atoms with E-state index in [-0.39, 0.29) is 11.8 Å². The number of carbonyl (C=O) groups is 2. The lowest BCUT2D eigenvalue weighted by Crippen LogP contribution is -2.37. The summed E-state index contributed by atoms with van der Waals surface area (Å²) in [5, 5.41) is 2.84. The number of amides is 2. The summed E-state index contributed by atoms with van der Waals surface area (Å²) in [6, 6.07) is 12.9. The van der Waals surface area contributed by atoms with Gasteiger partial charge in [0.25, 0.3) is 5.91 Å². The number of methoxy groups -OCH3 is 2. The van der Waals surface area contributed by atoms with E-state index in [2.05, 4.69) is 12.2 Å².